The molecule has 5 amide bonds. The van der Waals surface area contributed by atoms with Crippen molar-refractivity contribution in [1.82, 2.24) is 43.7 Å². The van der Waals surface area contributed by atoms with Gasteiger partial charge in [-0.25, -0.2) is 15.0 Å². The number of nitrogens with one attached hydrogen (secondary N) is 2. The first-order chi connectivity index (χ1) is 32.3. The zero-order chi connectivity index (χ0) is 47.5. The number of nitrogens with two attached hydrogens (primary N) is 2. The van der Waals surface area contributed by atoms with Crippen molar-refractivity contribution < 1.29 is 33.4 Å². The van der Waals surface area contributed by atoms with Gasteiger partial charge in [0.05, 0.1) is 41.1 Å². The molecule has 0 radical (unpaired) electrons. The monoisotopic (exact) mass is 933 g/mol. The van der Waals surface area contributed by atoms with E-state index < -0.39 is 17.7 Å². The molecule has 20 nitrogen and oxygen atoms in total. The number of amides is 5. The first kappa shape index (κ1) is 46.4. The van der Waals surface area contributed by atoms with Crippen LogP contribution < -0.4 is 31.6 Å². The smallest absolute Gasteiger partial charge is 0.276 e. The standard InChI is InChI=1S/C46H55N13O7S/c1-6-31-39(67-27(4)49-31)43(63)53-46-50-32-22-29(40(47)60)24-35(65-5)37(32)57(46)14-8-9-15-58-38-33(51-45(58)52-42(62)34-21-26(3)54-59(34)7-2)23-30(41(48)61)25-36(38)66-20-10-13-55-16-18-56(19-17-55)44(64)28-11-12-28/h8-9,21-25,28H,6-7,10-20H2,1-5H3,(H2,47,60)(H2,48,61)(H,50,53,63)(H,51,52,62)/b9-8+. The van der Waals surface area contributed by atoms with Gasteiger partial charge in [-0.1, -0.05) is 19.1 Å². The van der Waals surface area contributed by atoms with Gasteiger partial charge < -0.3 is 35.0 Å². The number of hydrogen-bond donors (Lipinski definition) is 4. The third-order valence-electron chi connectivity index (χ3n) is 11.9. The molecule has 5 heterocycles. The maximum absolute atomic E-state index is 13.9. The zero-order valence-corrected chi connectivity index (χ0v) is 39.1. The Morgan fingerprint density at radius 2 is 1.40 bits per heavy atom. The maximum atomic E-state index is 13.9. The van der Waals surface area contributed by atoms with Crippen molar-refractivity contribution in [1.29, 1.82) is 0 Å². The van der Waals surface area contributed by atoms with E-state index in [4.69, 9.17) is 30.9 Å². The van der Waals surface area contributed by atoms with Gasteiger partial charge in [-0.05, 0) is 76.8 Å². The normalized spacial score (nSPS) is 14.3. The predicted molar refractivity (Wildman–Crippen MR) is 253 cm³/mol. The summed E-state index contributed by atoms with van der Waals surface area (Å²) in [7, 11) is 1.47. The molecule has 1 saturated heterocycles. The SMILES string of the molecule is CCc1nc(C)sc1C(=O)Nc1nc2cc(C(N)=O)cc(OC)c2n1C/C=C/Cn1c(NC(=O)c2cc(C)nn2CC)nc2cc(C(N)=O)cc(OCCCN3CCN(C(=O)C4CC4)CC3)c21. The summed E-state index contributed by atoms with van der Waals surface area (Å²) in [6, 6.07) is 7.92. The van der Waals surface area contributed by atoms with Crippen molar-refractivity contribution in [3.63, 3.8) is 0 Å². The van der Waals surface area contributed by atoms with Crippen LogP contribution in [0.3, 0.4) is 0 Å². The second-order valence-corrected chi connectivity index (χ2v) is 17.8. The number of rotatable bonds is 19. The number of hydrogen-bond acceptors (Lipinski definition) is 13. The van der Waals surface area contributed by atoms with Gasteiger partial charge in [-0.3, -0.25) is 44.2 Å². The number of ether oxygens (including phenoxy) is 2. The number of allylic oxidation sites excluding steroid dienone is 2. The van der Waals surface area contributed by atoms with Crippen LogP contribution >= 0.6 is 11.3 Å². The number of imidazole rings is 2. The van der Waals surface area contributed by atoms with Gasteiger partial charge in [0.25, 0.3) is 11.8 Å². The number of aryl methyl sites for hydroxylation is 4. The van der Waals surface area contributed by atoms with Gasteiger partial charge in [0.1, 0.15) is 33.1 Å². The Balaban J connectivity index is 1.10. The molecule has 2 aromatic carbocycles. The average molecular weight is 934 g/mol. The summed E-state index contributed by atoms with van der Waals surface area (Å²) in [6.07, 6.45) is 6.93. The van der Waals surface area contributed by atoms with E-state index in [0.29, 0.717) is 94.6 Å². The van der Waals surface area contributed by atoms with E-state index >= 15 is 0 Å². The highest BCUT2D eigenvalue weighted by atomic mass is 32.1. The van der Waals surface area contributed by atoms with Gasteiger partial charge in [-0.2, -0.15) is 5.10 Å². The molecule has 2 aliphatic rings. The van der Waals surface area contributed by atoms with Crippen molar-refractivity contribution in [3.8, 4) is 11.5 Å². The van der Waals surface area contributed by atoms with E-state index in [0.717, 1.165) is 37.5 Å². The Kier molecular flexibility index (Phi) is 13.7. The Hall–Kier alpha value is -7.13. The lowest BCUT2D eigenvalue weighted by Crippen LogP contribution is -2.49. The molecule has 0 bridgehead atoms. The number of carbonyl (C=O) groups is 5. The summed E-state index contributed by atoms with van der Waals surface area (Å²) in [5.74, 6) is -0.620. The number of aromatic nitrogens is 7. The number of methoxy groups -OCH3 is 1. The number of anilines is 2. The number of carbonyl (C=O) groups excluding carboxylic acids is 5. The molecule has 0 atom stereocenters. The topological polar surface area (TPSA) is 253 Å². The summed E-state index contributed by atoms with van der Waals surface area (Å²) >= 11 is 1.29. The zero-order valence-electron chi connectivity index (χ0n) is 38.3. The molecule has 21 heteroatoms. The van der Waals surface area contributed by atoms with Crippen molar-refractivity contribution >= 4 is 74.8 Å². The number of fused-ring (bicyclic) bond motifs is 2. The summed E-state index contributed by atoms with van der Waals surface area (Å²) in [5, 5.41) is 11.1. The average Bonchev–Trinajstić information content (AvgIpc) is 3.66. The second-order valence-electron chi connectivity index (χ2n) is 16.6. The Labute approximate surface area is 390 Å². The molecule has 1 aliphatic carbocycles. The van der Waals surface area contributed by atoms with Crippen molar-refractivity contribution in [3.05, 3.63) is 80.6 Å². The first-order valence-electron chi connectivity index (χ1n) is 22.4. The lowest BCUT2D eigenvalue weighted by molar-refractivity contribution is -0.134. The van der Waals surface area contributed by atoms with E-state index in [9.17, 15) is 24.0 Å². The molecule has 6 N–H and O–H groups in total. The molecule has 8 rings (SSSR count). The minimum Gasteiger partial charge on any atom is -0.494 e. The largest absolute Gasteiger partial charge is 0.494 e. The fourth-order valence-electron chi connectivity index (χ4n) is 8.35. The lowest BCUT2D eigenvalue weighted by Gasteiger charge is -2.34. The van der Waals surface area contributed by atoms with Gasteiger partial charge in [0.15, 0.2) is 0 Å². The van der Waals surface area contributed by atoms with E-state index in [1.165, 1.54) is 24.5 Å². The van der Waals surface area contributed by atoms with Crippen LogP contribution in [0.4, 0.5) is 11.9 Å². The van der Waals surface area contributed by atoms with Gasteiger partial charge in [0.2, 0.25) is 29.6 Å². The number of benzene rings is 2. The van der Waals surface area contributed by atoms with E-state index in [-0.39, 0.29) is 53.8 Å². The fraction of sp³-hybridized carbons (Fsp3) is 0.413. The first-order valence-corrected chi connectivity index (χ1v) is 23.2. The molecule has 2 fully saturated rings. The van der Waals surface area contributed by atoms with Crippen LogP contribution in [0.5, 0.6) is 11.5 Å². The predicted octanol–water partition coefficient (Wildman–Crippen LogP) is 4.53. The molecule has 352 valence electrons. The van der Waals surface area contributed by atoms with E-state index in [2.05, 4.69) is 25.6 Å². The lowest BCUT2D eigenvalue weighted by atomic mass is 10.1. The minimum absolute atomic E-state index is 0.158. The molecule has 0 unspecified atom stereocenters. The number of primary amides is 2. The van der Waals surface area contributed by atoms with Crippen LogP contribution in [0.1, 0.15) is 90.4 Å². The van der Waals surface area contributed by atoms with Gasteiger partial charge in [0, 0.05) is 69.4 Å². The highest BCUT2D eigenvalue weighted by molar-refractivity contribution is 7.13. The quantitative estimate of drug-likeness (QED) is 0.0646. The third kappa shape index (κ3) is 10.0. The molecular formula is C46H55N13O7S. The van der Waals surface area contributed by atoms with Crippen molar-refractivity contribution in [2.45, 2.75) is 73.0 Å². The fourth-order valence-corrected chi connectivity index (χ4v) is 9.25. The summed E-state index contributed by atoms with van der Waals surface area (Å²) in [6.45, 7) is 12.3. The second kappa shape index (κ2) is 19.8. The molecular weight excluding hydrogens is 879 g/mol. The minimum atomic E-state index is -0.669. The molecule has 1 saturated carbocycles. The molecule has 0 spiro atoms. The van der Waals surface area contributed by atoms with Gasteiger partial charge in [-0.15, -0.1) is 11.3 Å². The molecule has 67 heavy (non-hydrogen) atoms. The van der Waals surface area contributed by atoms with E-state index in [1.807, 2.05) is 44.7 Å². The van der Waals surface area contributed by atoms with Crippen molar-refractivity contribution in [2.24, 2.45) is 17.4 Å². The Bertz CT molecular complexity index is 2920. The van der Waals surface area contributed by atoms with Crippen LogP contribution in [0, 0.1) is 19.8 Å². The number of nitrogens with zero attached hydrogens (tertiary/aromatic N) is 9. The van der Waals surface area contributed by atoms with Gasteiger partial charge >= 0.3 is 0 Å². The number of piperazine rings is 1. The van der Waals surface area contributed by atoms with Crippen LogP contribution in [0.15, 0.2) is 42.5 Å². The Morgan fingerprint density at radius 1 is 0.806 bits per heavy atom. The summed E-state index contributed by atoms with van der Waals surface area (Å²) in [5.41, 5.74) is 15.3. The highest BCUT2D eigenvalue weighted by Crippen LogP contribution is 2.34. The molecule has 4 aromatic heterocycles. The van der Waals surface area contributed by atoms with Crippen molar-refractivity contribution in [2.75, 3.05) is 57.1 Å². The maximum Gasteiger partial charge on any atom is 0.276 e. The number of thiazole rings is 1. The summed E-state index contributed by atoms with van der Waals surface area (Å²) < 4.78 is 17.3. The Morgan fingerprint density at radius 3 is 1.97 bits per heavy atom. The highest BCUT2D eigenvalue weighted by Gasteiger charge is 2.34. The van der Waals surface area contributed by atoms with Crippen LogP contribution in [0.25, 0.3) is 22.1 Å². The van der Waals surface area contributed by atoms with E-state index in [1.54, 1.807) is 38.1 Å². The molecule has 1 aliphatic heterocycles. The third-order valence-corrected chi connectivity index (χ3v) is 12.9. The van der Waals surface area contributed by atoms with Crippen LogP contribution in [-0.4, -0.2) is 120 Å². The van der Waals surface area contributed by atoms with Crippen LogP contribution in [0.2, 0.25) is 0 Å². The molecule has 6 aromatic rings. The van der Waals surface area contributed by atoms with Crippen LogP contribution in [-0.2, 0) is 30.8 Å². The summed E-state index contributed by atoms with van der Waals surface area (Å²) in [4.78, 5) is 84.0.